The van der Waals surface area contributed by atoms with Gasteiger partial charge in [-0.15, -0.1) is 0 Å². The number of hydrogen-bond donors (Lipinski definition) is 0. The van der Waals surface area contributed by atoms with E-state index in [0.717, 1.165) is 78.6 Å². The zero-order valence-electron chi connectivity index (χ0n) is 28.9. The molecule has 0 aliphatic carbocycles. The van der Waals surface area contributed by atoms with E-state index in [9.17, 15) is 4.79 Å². The number of carbonyl (C=O) groups excluding carboxylic acids is 1. The van der Waals surface area contributed by atoms with Crippen molar-refractivity contribution >= 4 is 12.0 Å². The smallest absolute Gasteiger partial charge is 0.245 e. The first-order valence-electron chi connectivity index (χ1n) is 16.7. The second-order valence-electron chi connectivity index (χ2n) is 13.2. The molecule has 7 rings (SSSR count). The zero-order chi connectivity index (χ0) is 33.7. The van der Waals surface area contributed by atoms with Crippen LogP contribution in [-0.2, 0) is 29.2 Å². The molecule has 3 aliphatic heterocycles. The summed E-state index contributed by atoms with van der Waals surface area (Å²) in [5.74, 6) is 2.41. The van der Waals surface area contributed by atoms with E-state index in [0.29, 0.717) is 26.2 Å². The molecule has 2 bridgehead atoms. The Balaban J connectivity index is 1.40. The molecule has 48 heavy (non-hydrogen) atoms. The van der Waals surface area contributed by atoms with Crippen LogP contribution in [0, 0.1) is 27.7 Å². The summed E-state index contributed by atoms with van der Waals surface area (Å²) in [6, 6.07) is 21.7. The van der Waals surface area contributed by atoms with Crippen LogP contribution in [0.25, 0.3) is 6.08 Å². The fraction of sp³-hybridized carbons (Fsp3) is 0.341. The van der Waals surface area contributed by atoms with Gasteiger partial charge < -0.3 is 23.8 Å². The van der Waals surface area contributed by atoms with Crippen molar-refractivity contribution in [1.82, 2.24) is 9.80 Å². The van der Waals surface area contributed by atoms with Crippen molar-refractivity contribution < 1.29 is 23.7 Å². The van der Waals surface area contributed by atoms with Crippen LogP contribution < -0.4 is 14.2 Å². The molecule has 1 amide bonds. The first-order chi connectivity index (χ1) is 23.2. The SMILES string of the molecule is COc1c(C)c(C)c2c(c1C)[C@H](COCc1ccccc1)N1C(=O)[C@@H]3Cc4cc(C)c(OC)c(OCc5ccccc5)c4[C@H](C1=C2)N3C. The summed E-state index contributed by atoms with van der Waals surface area (Å²) in [6.45, 7) is 9.63. The lowest BCUT2D eigenvalue weighted by molar-refractivity contribution is -0.145. The van der Waals surface area contributed by atoms with Gasteiger partial charge >= 0.3 is 0 Å². The maximum Gasteiger partial charge on any atom is 0.245 e. The van der Waals surface area contributed by atoms with Crippen LogP contribution in [0.1, 0.15) is 67.7 Å². The average molecular weight is 645 g/mol. The van der Waals surface area contributed by atoms with E-state index in [1.54, 1.807) is 14.2 Å². The van der Waals surface area contributed by atoms with Crippen molar-refractivity contribution in [3.63, 3.8) is 0 Å². The predicted molar refractivity (Wildman–Crippen MR) is 187 cm³/mol. The lowest BCUT2D eigenvalue weighted by Gasteiger charge is -2.54. The number of nitrogens with zero attached hydrogens (tertiary/aromatic N) is 2. The molecule has 248 valence electrons. The first kappa shape index (κ1) is 32.0. The Hall–Kier alpha value is -4.59. The molecule has 0 unspecified atom stereocenters. The molecule has 0 N–H and O–H groups in total. The monoisotopic (exact) mass is 644 g/mol. The number of fused-ring (bicyclic) bond motifs is 7. The summed E-state index contributed by atoms with van der Waals surface area (Å²) in [6.07, 6.45) is 2.81. The number of aryl methyl sites for hydroxylation is 1. The second kappa shape index (κ2) is 12.8. The maximum absolute atomic E-state index is 14.8. The molecular weight excluding hydrogens is 600 g/mol. The van der Waals surface area contributed by atoms with Crippen molar-refractivity contribution in [3.8, 4) is 17.2 Å². The molecule has 4 aromatic carbocycles. The average Bonchev–Trinajstić information content (AvgIpc) is 3.09. The molecule has 0 radical (unpaired) electrons. The number of methoxy groups -OCH3 is 2. The Morgan fingerprint density at radius 2 is 1.42 bits per heavy atom. The maximum atomic E-state index is 14.8. The van der Waals surface area contributed by atoms with Gasteiger partial charge in [-0.05, 0) is 97.3 Å². The van der Waals surface area contributed by atoms with Gasteiger partial charge in [0.2, 0.25) is 5.91 Å². The van der Waals surface area contributed by atoms with Crippen LogP contribution in [0.2, 0.25) is 0 Å². The third kappa shape index (κ3) is 5.17. The number of benzene rings is 4. The van der Waals surface area contributed by atoms with Gasteiger partial charge in [0, 0.05) is 11.3 Å². The van der Waals surface area contributed by atoms with Crippen molar-refractivity contribution in [2.24, 2.45) is 0 Å². The fourth-order valence-corrected chi connectivity index (χ4v) is 8.10. The summed E-state index contributed by atoms with van der Waals surface area (Å²) < 4.78 is 25.2. The molecule has 4 aromatic rings. The van der Waals surface area contributed by atoms with Crippen LogP contribution in [0.15, 0.2) is 72.4 Å². The molecule has 0 spiro atoms. The molecule has 7 nitrogen and oxygen atoms in total. The predicted octanol–water partition coefficient (Wildman–Crippen LogP) is 7.57. The van der Waals surface area contributed by atoms with E-state index < -0.39 is 0 Å². The van der Waals surface area contributed by atoms with Crippen LogP contribution in [-0.4, -0.2) is 49.6 Å². The molecule has 1 saturated heterocycles. The summed E-state index contributed by atoms with van der Waals surface area (Å²) >= 11 is 0. The van der Waals surface area contributed by atoms with E-state index >= 15 is 0 Å². The normalized spacial score (nSPS) is 19.6. The van der Waals surface area contributed by atoms with Gasteiger partial charge in [0.05, 0.1) is 45.6 Å². The van der Waals surface area contributed by atoms with E-state index in [2.05, 4.69) is 76.1 Å². The number of likely N-dealkylation sites (N-methyl/N-ethyl adjacent to an activating group) is 1. The second-order valence-corrected chi connectivity index (χ2v) is 13.2. The van der Waals surface area contributed by atoms with Gasteiger partial charge in [-0.25, -0.2) is 0 Å². The van der Waals surface area contributed by atoms with Crippen LogP contribution in [0.3, 0.4) is 0 Å². The van der Waals surface area contributed by atoms with Crippen molar-refractivity contribution in [3.05, 3.63) is 128 Å². The summed E-state index contributed by atoms with van der Waals surface area (Å²) in [5.41, 5.74) is 11.8. The molecule has 3 aliphatic rings. The van der Waals surface area contributed by atoms with E-state index in [-0.39, 0.29) is 24.0 Å². The molecule has 1 fully saturated rings. The highest BCUT2D eigenvalue weighted by atomic mass is 16.5. The highest BCUT2D eigenvalue weighted by molar-refractivity contribution is 5.90. The zero-order valence-corrected chi connectivity index (χ0v) is 28.9. The molecule has 0 saturated carbocycles. The Kier molecular flexibility index (Phi) is 8.52. The van der Waals surface area contributed by atoms with Gasteiger partial charge in [0.1, 0.15) is 12.4 Å². The first-order valence-corrected chi connectivity index (χ1v) is 16.7. The van der Waals surface area contributed by atoms with Crippen molar-refractivity contribution in [2.75, 3.05) is 27.9 Å². The Morgan fingerprint density at radius 3 is 2.06 bits per heavy atom. The van der Waals surface area contributed by atoms with Crippen molar-refractivity contribution in [2.45, 2.75) is 65.5 Å². The molecule has 0 aromatic heterocycles. The van der Waals surface area contributed by atoms with Gasteiger partial charge in [0.15, 0.2) is 11.5 Å². The number of carbonyl (C=O) groups is 1. The van der Waals surface area contributed by atoms with Gasteiger partial charge in [-0.3, -0.25) is 9.69 Å². The number of ether oxygens (including phenoxy) is 4. The lowest BCUT2D eigenvalue weighted by atomic mass is 9.76. The van der Waals surface area contributed by atoms with Crippen LogP contribution in [0.4, 0.5) is 0 Å². The minimum Gasteiger partial charge on any atom is -0.496 e. The van der Waals surface area contributed by atoms with Gasteiger partial charge in [-0.1, -0.05) is 66.7 Å². The highest BCUT2D eigenvalue weighted by Crippen LogP contribution is 2.55. The molecular formula is C41H44N2O5. The number of amides is 1. The molecule has 7 heteroatoms. The van der Waals surface area contributed by atoms with Gasteiger partial charge in [-0.2, -0.15) is 0 Å². The third-order valence-electron chi connectivity index (χ3n) is 10.5. The topological polar surface area (TPSA) is 60.5 Å². The lowest BCUT2D eigenvalue weighted by Crippen LogP contribution is -2.60. The van der Waals surface area contributed by atoms with E-state index in [4.69, 9.17) is 18.9 Å². The highest BCUT2D eigenvalue weighted by Gasteiger charge is 2.52. The van der Waals surface area contributed by atoms with Gasteiger partial charge in [0.25, 0.3) is 0 Å². The minimum absolute atomic E-state index is 0.0847. The molecule has 3 atom stereocenters. The fourth-order valence-electron chi connectivity index (χ4n) is 8.10. The Bertz CT molecular complexity index is 1900. The largest absolute Gasteiger partial charge is 0.496 e. The number of hydrogen-bond acceptors (Lipinski definition) is 6. The Morgan fingerprint density at radius 1 is 0.771 bits per heavy atom. The quantitative estimate of drug-likeness (QED) is 0.187. The summed E-state index contributed by atoms with van der Waals surface area (Å²) in [5, 5.41) is 0. The van der Waals surface area contributed by atoms with E-state index in [1.165, 1.54) is 0 Å². The minimum atomic E-state index is -0.332. The molecule has 3 heterocycles. The van der Waals surface area contributed by atoms with Crippen LogP contribution in [0.5, 0.6) is 17.2 Å². The summed E-state index contributed by atoms with van der Waals surface area (Å²) in [7, 11) is 5.49. The van der Waals surface area contributed by atoms with E-state index in [1.807, 2.05) is 41.3 Å². The number of piperazine rings is 1. The van der Waals surface area contributed by atoms with Crippen molar-refractivity contribution in [1.29, 1.82) is 0 Å². The Labute approximate surface area is 283 Å². The standard InChI is InChI=1S/C41H44N2O5/c1-24-18-30-19-33-41(44)43-32(37(42(33)5)36(30)40(38(24)45-6)48-22-29-16-12-9-13-17-29)20-31-25(2)26(3)39(46-7)27(4)35(31)34(43)23-47-21-28-14-10-8-11-15-28/h8-18,20,33-34,37H,19,21-23H2,1-7H3/t33-,34-,37-/m0/s1. The van der Waals surface area contributed by atoms with Crippen LogP contribution >= 0.6 is 0 Å². The number of rotatable bonds is 9. The third-order valence-corrected chi connectivity index (χ3v) is 10.5. The summed E-state index contributed by atoms with van der Waals surface area (Å²) in [4.78, 5) is 19.0.